The second-order valence-electron chi connectivity index (χ2n) is 5.88. The van der Waals surface area contributed by atoms with Gasteiger partial charge in [0.05, 0.1) is 19.0 Å². The SMILES string of the molecule is CCC(NC(=O)CNC(=O)Cc1ccccc1)c1ccc(C)cc1. The molecule has 1 atom stereocenters. The number of hydrogen-bond acceptors (Lipinski definition) is 2. The molecule has 0 aromatic heterocycles. The van der Waals surface area contributed by atoms with Gasteiger partial charge in [0.25, 0.3) is 0 Å². The van der Waals surface area contributed by atoms with E-state index in [1.807, 2.05) is 68.4 Å². The van der Waals surface area contributed by atoms with E-state index in [1.54, 1.807) is 0 Å². The molecular weight excluding hydrogens is 300 g/mol. The van der Waals surface area contributed by atoms with Crippen LogP contribution in [0.2, 0.25) is 0 Å². The Morgan fingerprint density at radius 1 is 0.958 bits per heavy atom. The van der Waals surface area contributed by atoms with Gasteiger partial charge in [-0.3, -0.25) is 9.59 Å². The van der Waals surface area contributed by atoms with Gasteiger partial charge < -0.3 is 10.6 Å². The lowest BCUT2D eigenvalue weighted by Gasteiger charge is -2.18. The molecule has 126 valence electrons. The van der Waals surface area contributed by atoms with Gasteiger partial charge in [-0.2, -0.15) is 0 Å². The van der Waals surface area contributed by atoms with E-state index in [4.69, 9.17) is 0 Å². The van der Waals surface area contributed by atoms with E-state index in [9.17, 15) is 9.59 Å². The summed E-state index contributed by atoms with van der Waals surface area (Å²) in [5, 5.41) is 5.64. The quantitative estimate of drug-likeness (QED) is 0.823. The molecule has 0 aliphatic carbocycles. The summed E-state index contributed by atoms with van der Waals surface area (Å²) >= 11 is 0. The molecule has 2 aromatic rings. The second kappa shape index (κ2) is 8.87. The largest absolute Gasteiger partial charge is 0.348 e. The Kier molecular flexibility index (Phi) is 6.55. The Bertz CT molecular complexity index is 666. The fourth-order valence-corrected chi connectivity index (χ4v) is 2.49. The average molecular weight is 324 g/mol. The zero-order valence-corrected chi connectivity index (χ0v) is 14.2. The Labute approximate surface area is 143 Å². The number of carbonyl (C=O) groups is 2. The van der Waals surface area contributed by atoms with E-state index >= 15 is 0 Å². The van der Waals surface area contributed by atoms with Gasteiger partial charge in [-0.1, -0.05) is 67.1 Å². The van der Waals surface area contributed by atoms with Crippen LogP contribution in [0.15, 0.2) is 54.6 Å². The van der Waals surface area contributed by atoms with Crippen LogP contribution in [-0.2, 0) is 16.0 Å². The lowest BCUT2D eigenvalue weighted by Crippen LogP contribution is -2.39. The van der Waals surface area contributed by atoms with Gasteiger partial charge >= 0.3 is 0 Å². The first-order valence-corrected chi connectivity index (χ1v) is 8.25. The maximum Gasteiger partial charge on any atom is 0.239 e. The first kappa shape index (κ1) is 17.7. The lowest BCUT2D eigenvalue weighted by atomic mass is 10.0. The predicted octanol–water partition coefficient (Wildman–Crippen LogP) is 2.92. The van der Waals surface area contributed by atoms with Crippen molar-refractivity contribution in [2.75, 3.05) is 6.54 Å². The molecule has 0 heterocycles. The summed E-state index contributed by atoms with van der Waals surface area (Å²) < 4.78 is 0. The molecule has 0 bridgehead atoms. The third kappa shape index (κ3) is 5.54. The van der Waals surface area contributed by atoms with Gasteiger partial charge in [0.15, 0.2) is 0 Å². The van der Waals surface area contributed by atoms with Crippen LogP contribution in [0.5, 0.6) is 0 Å². The normalized spacial score (nSPS) is 11.6. The zero-order chi connectivity index (χ0) is 17.4. The maximum atomic E-state index is 12.1. The summed E-state index contributed by atoms with van der Waals surface area (Å²) in [6, 6.07) is 17.6. The summed E-state index contributed by atoms with van der Waals surface area (Å²) in [4.78, 5) is 24.0. The Morgan fingerprint density at radius 2 is 1.62 bits per heavy atom. The van der Waals surface area contributed by atoms with Crippen LogP contribution in [0.4, 0.5) is 0 Å². The molecule has 0 spiro atoms. The minimum Gasteiger partial charge on any atom is -0.348 e. The third-order valence-electron chi connectivity index (χ3n) is 3.88. The van der Waals surface area contributed by atoms with Crippen molar-refractivity contribution in [3.05, 3.63) is 71.3 Å². The monoisotopic (exact) mass is 324 g/mol. The van der Waals surface area contributed by atoms with Gasteiger partial charge in [0, 0.05) is 0 Å². The fraction of sp³-hybridized carbons (Fsp3) is 0.300. The van der Waals surface area contributed by atoms with E-state index in [0.29, 0.717) is 0 Å². The first-order chi connectivity index (χ1) is 11.6. The summed E-state index contributed by atoms with van der Waals surface area (Å²) in [6.07, 6.45) is 1.08. The van der Waals surface area contributed by atoms with Gasteiger partial charge in [-0.05, 0) is 24.5 Å². The summed E-state index contributed by atoms with van der Waals surface area (Å²) in [5.74, 6) is -0.330. The highest BCUT2D eigenvalue weighted by molar-refractivity contribution is 5.85. The topological polar surface area (TPSA) is 58.2 Å². The minimum atomic E-state index is -0.177. The first-order valence-electron chi connectivity index (χ1n) is 8.25. The van der Waals surface area contributed by atoms with Crippen LogP contribution < -0.4 is 10.6 Å². The van der Waals surface area contributed by atoms with E-state index in [2.05, 4.69) is 10.6 Å². The molecule has 4 heteroatoms. The van der Waals surface area contributed by atoms with Crippen LogP contribution >= 0.6 is 0 Å². The molecule has 0 fully saturated rings. The maximum absolute atomic E-state index is 12.1. The number of carbonyl (C=O) groups excluding carboxylic acids is 2. The highest BCUT2D eigenvalue weighted by Crippen LogP contribution is 2.16. The van der Waals surface area contributed by atoms with E-state index in [1.165, 1.54) is 5.56 Å². The number of amides is 2. The highest BCUT2D eigenvalue weighted by Gasteiger charge is 2.13. The smallest absolute Gasteiger partial charge is 0.239 e. The molecule has 4 nitrogen and oxygen atoms in total. The molecule has 24 heavy (non-hydrogen) atoms. The van der Waals surface area contributed by atoms with E-state index in [0.717, 1.165) is 17.5 Å². The Morgan fingerprint density at radius 3 is 2.25 bits per heavy atom. The Balaban J connectivity index is 1.81. The van der Waals surface area contributed by atoms with Crippen LogP contribution in [0.1, 0.15) is 36.1 Å². The standard InChI is InChI=1S/C20H24N2O2/c1-3-18(17-11-9-15(2)10-12-17)22-20(24)14-21-19(23)13-16-7-5-4-6-8-16/h4-12,18H,3,13-14H2,1-2H3,(H,21,23)(H,22,24). The molecular formula is C20H24N2O2. The van der Waals surface area contributed by atoms with Crippen molar-refractivity contribution in [1.29, 1.82) is 0 Å². The lowest BCUT2D eigenvalue weighted by molar-refractivity contribution is -0.126. The second-order valence-corrected chi connectivity index (χ2v) is 5.88. The van der Waals surface area contributed by atoms with Crippen LogP contribution in [0.25, 0.3) is 0 Å². The number of hydrogen-bond donors (Lipinski definition) is 2. The van der Waals surface area contributed by atoms with Gasteiger partial charge in [-0.15, -0.1) is 0 Å². The van der Waals surface area contributed by atoms with E-state index in [-0.39, 0.29) is 30.8 Å². The molecule has 2 amide bonds. The van der Waals surface area contributed by atoms with Crippen molar-refractivity contribution in [2.24, 2.45) is 0 Å². The molecule has 1 unspecified atom stereocenters. The van der Waals surface area contributed by atoms with Crippen molar-refractivity contribution in [1.82, 2.24) is 10.6 Å². The summed E-state index contributed by atoms with van der Waals surface area (Å²) in [7, 11) is 0. The molecule has 0 aliphatic heterocycles. The van der Waals surface area contributed by atoms with Gasteiger partial charge in [0.2, 0.25) is 11.8 Å². The van der Waals surface area contributed by atoms with Gasteiger partial charge in [0.1, 0.15) is 0 Å². The van der Waals surface area contributed by atoms with Crippen molar-refractivity contribution < 1.29 is 9.59 Å². The fourth-order valence-electron chi connectivity index (χ4n) is 2.49. The van der Waals surface area contributed by atoms with Crippen LogP contribution in [0.3, 0.4) is 0 Å². The third-order valence-corrected chi connectivity index (χ3v) is 3.88. The Hall–Kier alpha value is -2.62. The van der Waals surface area contributed by atoms with Gasteiger partial charge in [-0.25, -0.2) is 0 Å². The van der Waals surface area contributed by atoms with E-state index < -0.39 is 0 Å². The highest BCUT2D eigenvalue weighted by atomic mass is 16.2. The molecule has 0 saturated carbocycles. The average Bonchev–Trinajstić information content (AvgIpc) is 2.59. The summed E-state index contributed by atoms with van der Waals surface area (Å²) in [5.41, 5.74) is 3.20. The van der Waals surface area contributed by atoms with Crippen molar-refractivity contribution in [2.45, 2.75) is 32.7 Å². The number of aryl methyl sites for hydroxylation is 1. The predicted molar refractivity (Wildman–Crippen MR) is 95.5 cm³/mol. The zero-order valence-electron chi connectivity index (χ0n) is 14.2. The molecule has 2 N–H and O–H groups in total. The van der Waals surface area contributed by atoms with Crippen molar-refractivity contribution in [3.8, 4) is 0 Å². The molecule has 0 aliphatic rings. The molecule has 0 saturated heterocycles. The molecule has 2 rings (SSSR count). The molecule has 2 aromatic carbocycles. The van der Waals surface area contributed by atoms with Crippen LogP contribution in [0, 0.1) is 6.92 Å². The van der Waals surface area contributed by atoms with Crippen LogP contribution in [-0.4, -0.2) is 18.4 Å². The van der Waals surface area contributed by atoms with Crippen molar-refractivity contribution >= 4 is 11.8 Å². The number of nitrogens with one attached hydrogen (secondary N) is 2. The number of benzene rings is 2. The minimum absolute atomic E-state index is 0.00592. The number of rotatable bonds is 7. The van der Waals surface area contributed by atoms with Crippen molar-refractivity contribution in [3.63, 3.8) is 0 Å². The molecule has 0 radical (unpaired) electrons. The summed E-state index contributed by atoms with van der Waals surface area (Å²) in [6.45, 7) is 4.05.